The number of nitrogens with one attached hydrogen (secondary N) is 2. The number of anilines is 2. The highest BCUT2D eigenvalue weighted by atomic mass is 35.5. The lowest BCUT2D eigenvalue weighted by atomic mass is 10.1. The number of carbonyl (C=O) groups is 2. The van der Waals surface area contributed by atoms with Crippen molar-refractivity contribution in [2.24, 2.45) is 0 Å². The second kappa shape index (κ2) is 10.2. The fourth-order valence-electron chi connectivity index (χ4n) is 3.50. The lowest BCUT2D eigenvalue weighted by Gasteiger charge is -2.09. The molecule has 34 heavy (non-hydrogen) atoms. The van der Waals surface area contributed by atoms with Crippen LogP contribution < -0.4 is 10.6 Å². The number of para-hydroxylation sites is 1. The highest BCUT2D eigenvalue weighted by Gasteiger charge is 2.16. The van der Waals surface area contributed by atoms with Gasteiger partial charge in [0, 0.05) is 22.3 Å². The van der Waals surface area contributed by atoms with Crippen molar-refractivity contribution in [3.8, 4) is 5.69 Å². The van der Waals surface area contributed by atoms with E-state index < -0.39 is 0 Å². The molecule has 1 heterocycles. The van der Waals surface area contributed by atoms with Crippen LogP contribution in [0.3, 0.4) is 0 Å². The van der Waals surface area contributed by atoms with E-state index in [1.807, 2.05) is 56.3 Å². The molecule has 0 aliphatic carbocycles. The van der Waals surface area contributed by atoms with Crippen LogP contribution in [-0.4, -0.2) is 21.6 Å². The molecule has 3 aromatic carbocycles. The molecule has 0 spiro atoms. The SMILES string of the molecule is Cc1nn(-c2ccccc2)c(C)c1NC(=O)c1cccc(NC(=O)/C=C/c2ccc(Cl)cc2)c1. The van der Waals surface area contributed by atoms with E-state index in [2.05, 4.69) is 15.7 Å². The number of hydrogen-bond acceptors (Lipinski definition) is 3. The third-order valence-electron chi connectivity index (χ3n) is 5.22. The quantitative estimate of drug-likeness (QED) is 0.337. The molecule has 0 aliphatic heterocycles. The van der Waals surface area contributed by atoms with E-state index in [4.69, 9.17) is 11.6 Å². The van der Waals surface area contributed by atoms with Gasteiger partial charge in [-0.1, -0.05) is 48.0 Å². The van der Waals surface area contributed by atoms with Gasteiger partial charge in [-0.05, 0) is 68.0 Å². The Morgan fingerprint density at radius 3 is 2.38 bits per heavy atom. The number of aryl methyl sites for hydroxylation is 1. The minimum Gasteiger partial charge on any atom is -0.322 e. The van der Waals surface area contributed by atoms with E-state index in [1.54, 1.807) is 47.2 Å². The highest BCUT2D eigenvalue weighted by Crippen LogP contribution is 2.24. The first-order valence-electron chi connectivity index (χ1n) is 10.7. The van der Waals surface area contributed by atoms with Gasteiger partial charge in [0.15, 0.2) is 0 Å². The Kier molecular flexibility index (Phi) is 6.90. The molecule has 0 unspecified atom stereocenters. The summed E-state index contributed by atoms with van der Waals surface area (Å²) in [5.74, 6) is -0.588. The largest absolute Gasteiger partial charge is 0.322 e. The predicted molar refractivity (Wildman–Crippen MR) is 137 cm³/mol. The second-order valence-corrected chi connectivity index (χ2v) is 8.14. The van der Waals surface area contributed by atoms with Crippen LogP contribution in [0.25, 0.3) is 11.8 Å². The minimum absolute atomic E-state index is 0.286. The third-order valence-corrected chi connectivity index (χ3v) is 5.47. The summed E-state index contributed by atoms with van der Waals surface area (Å²) in [5.41, 5.74) is 4.92. The van der Waals surface area contributed by atoms with Crippen LogP contribution in [0.5, 0.6) is 0 Å². The molecule has 170 valence electrons. The second-order valence-electron chi connectivity index (χ2n) is 7.70. The van der Waals surface area contributed by atoms with E-state index >= 15 is 0 Å². The Hall–Kier alpha value is -4.16. The normalized spacial score (nSPS) is 10.9. The molecule has 0 aliphatic rings. The molecule has 0 bridgehead atoms. The molecule has 0 saturated heterocycles. The molecule has 2 amide bonds. The number of hydrogen-bond donors (Lipinski definition) is 2. The zero-order valence-electron chi connectivity index (χ0n) is 18.7. The molecular formula is C27H23ClN4O2. The molecule has 0 fully saturated rings. The molecular weight excluding hydrogens is 448 g/mol. The van der Waals surface area contributed by atoms with E-state index in [0.717, 1.165) is 16.9 Å². The fraction of sp³-hybridized carbons (Fsp3) is 0.0741. The van der Waals surface area contributed by atoms with Crippen LogP contribution in [0.4, 0.5) is 11.4 Å². The van der Waals surface area contributed by atoms with E-state index in [9.17, 15) is 9.59 Å². The van der Waals surface area contributed by atoms with Gasteiger partial charge >= 0.3 is 0 Å². The number of nitrogens with zero attached hydrogens (tertiary/aromatic N) is 2. The van der Waals surface area contributed by atoms with E-state index in [1.165, 1.54) is 6.08 Å². The van der Waals surface area contributed by atoms with Gasteiger partial charge in [-0.25, -0.2) is 4.68 Å². The predicted octanol–water partition coefficient (Wildman–Crippen LogP) is 6.05. The van der Waals surface area contributed by atoms with Crippen LogP contribution in [-0.2, 0) is 4.79 Å². The molecule has 0 saturated carbocycles. The molecule has 2 N–H and O–H groups in total. The lowest BCUT2D eigenvalue weighted by molar-refractivity contribution is -0.111. The van der Waals surface area contributed by atoms with Crippen molar-refractivity contribution in [2.45, 2.75) is 13.8 Å². The van der Waals surface area contributed by atoms with Crippen LogP contribution in [0.1, 0.15) is 27.3 Å². The van der Waals surface area contributed by atoms with E-state index in [-0.39, 0.29) is 11.8 Å². The Morgan fingerprint density at radius 1 is 0.912 bits per heavy atom. The number of benzene rings is 3. The number of aromatic nitrogens is 2. The fourth-order valence-corrected chi connectivity index (χ4v) is 3.62. The Balaban J connectivity index is 1.46. The van der Waals surface area contributed by atoms with Crippen molar-refractivity contribution in [2.75, 3.05) is 10.6 Å². The molecule has 7 heteroatoms. The van der Waals surface area contributed by atoms with Crippen molar-refractivity contribution >= 4 is 40.9 Å². The zero-order valence-corrected chi connectivity index (χ0v) is 19.5. The summed E-state index contributed by atoms with van der Waals surface area (Å²) >= 11 is 5.88. The maximum absolute atomic E-state index is 13.0. The molecule has 0 atom stereocenters. The number of amides is 2. The van der Waals surface area contributed by atoms with Gasteiger partial charge in [-0.2, -0.15) is 5.10 Å². The van der Waals surface area contributed by atoms with E-state index in [0.29, 0.717) is 27.7 Å². The average molecular weight is 471 g/mol. The number of carbonyl (C=O) groups excluding carboxylic acids is 2. The van der Waals surface area contributed by atoms with Gasteiger partial charge in [0.2, 0.25) is 5.91 Å². The first-order chi connectivity index (χ1) is 16.4. The summed E-state index contributed by atoms with van der Waals surface area (Å²) in [6.07, 6.45) is 3.12. The summed E-state index contributed by atoms with van der Waals surface area (Å²) in [5, 5.41) is 10.9. The third kappa shape index (κ3) is 5.42. The summed E-state index contributed by atoms with van der Waals surface area (Å²) in [7, 11) is 0. The molecule has 1 aromatic heterocycles. The Bertz CT molecular complexity index is 1360. The standard InChI is InChI=1S/C27H23ClN4O2/c1-18-26(19(2)32(31-18)24-9-4-3-5-10-24)30-27(34)21-7-6-8-23(17-21)29-25(33)16-13-20-11-14-22(28)15-12-20/h3-17H,1-2H3,(H,29,33)(H,30,34)/b16-13+. The lowest BCUT2D eigenvalue weighted by Crippen LogP contribution is -2.14. The number of rotatable bonds is 6. The summed E-state index contributed by atoms with van der Waals surface area (Å²) in [6.45, 7) is 3.76. The van der Waals surface area contributed by atoms with Gasteiger partial charge in [0.25, 0.3) is 5.91 Å². The van der Waals surface area contributed by atoms with Crippen LogP contribution >= 0.6 is 11.6 Å². The van der Waals surface area contributed by atoms with Gasteiger partial charge in [-0.15, -0.1) is 0 Å². The van der Waals surface area contributed by atoms with Gasteiger partial charge in [-0.3, -0.25) is 9.59 Å². The van der Waals surface area contributed by atoms with Gasteiger partial charge in [0.05, 0.1) is 22.8 Å². The van der Waals surface area contributed by atoms with Crippen molar-refractivity contribution in [1.29, 1.82) is 0 Å². The van der Waals surface area contributed by atoms with Crippen LogP contribution in [0.2, 0.25) is 5.02 Å². The first-order valence-corrected chi connectivity index (χ1v) is 11.1. The maximum Gasteiger partial charge on any atom is 0.255 e. The molecule has 0 radical (unpaired) electrons. The van der Waals surface area contributed by atoms with Crippen LogP contribution in [0, 0.1) is 13.8 Å². The Labute approximate surface area is 202 Å². The molecule has 4 aromatic rings. The summed E-state index contributed by atoms with van der Waals surface area (Å²) in [6, 6.07) is 23.7. The Morgan fingerprint density at radius 2 is 1.65 bits per heavy atom. The summed E-state index contributed by atoms with van der Waals surface area (Å²) < 4.78 is 1.80. The highest BCUT2D eigenvalue weighted by molar-refractivity contribution is 6.30. The maximum atomic E-state index is 13.0. The van der Waals surface area contributed by atoms with Crippen molar-refractivity contribution in [3.05, 3.63) is 112 Å². The zero-order chi connectivity index (χ0) is 24.1. The smallest absolute Gasteiger partial charge is 0.255 e. The topological polar surface area (TPSA) is 76.0 Å². The van der Waals surface area contributed by atoms with Crippen molar-refractivity contribution in [3.63, 3.8) is 0 Å². The monoisotopic (exact) mass is 470 g/mol. The van der Waals surface area contributed by atoms with Crippen LogP contribution in [0.15, 0.2) is 84.9 Å². The number of halogens is 1. The van der Waals surface area contributed by atoms with Crippen molar-refractivity contribution in [1.82, 2.24) is 9.78 Å². The summed E-state index contributed by atoms with van der Waals surface area (Å²) in [4.78, 5) is 25.3. The average Bonchev–Trinajstić information content (AvgIpc) is 3.12. The molecule has 6 nitrogen and oxygen atoms in total. The first kappa shape index (κ1) is 23.0. The van der Waals surface area contributed by atoms with Gasteiger partial charge < -0.3 is 10.6 Å². The molecule has 4 rings (SSSR count). The minimum atomic E-state index is -0.302. The van der Waals surface area contributed by atoms with Gasteiger partial charge in [0.1, 0.15) is 0 Å². The van der Waals surface area contributed by atoms with Crippen molar-refractivity contribution < 1.29 is 9.59 Å².